The Hall–Kier alpha value is -4.11. The molecule has 0 amide bonds. The number of allylic oxidation sites excluding steroid dienone is 6. The van der Waals surface area contributed by atoms with Crippen molar-refractivity contribution in [3.05, 3.63) is 136 Å². The Labute approximate surface area is 351 Å². The van der Waals surface area contributed by atoms with Gasteiger partial charge in [0.1, 0.15) is 11.9 Å². The molecule has 0 aromatic heterocycles. The summed E-state index contributed by atoms with van der Waals surface area (Å²) < 4.78 is 12.7. The predicted molar refractivity (Wildman–Crippen MR) is 243 cm³/mol. The van der Waals surface area contributed by atoms with Crippen LogP contribution >= 0.6 is 0 Å². The van der Waals surface area contributed by atoms with Gasteiger partial charge in [-0.05, 0) is 157 Å². The largest absolute Gasteiger partial charge is 0.494 e. The van der Waals surface area contributed by atoms with Gasteiger partial charge in [0.25, 0.3) is 0 Å². The molecule has 0 heterocycles. The number of hydrogen-bond acceptors (Lipinski definition) is 3. The van der Waals surface area contributed by atoms with Gasteiger partial charge in [-0.15, -0.1) is 0 Å². The van der Waals surface area contributed by atoms with Crippen molar-refractivity contribution in [1.29, 1.82) is 0 Å². The van der Waals surface area contributed by atoms with Crippen LogP contribution in [0.5, 0.6) is 5.75 Å². The van der Waals surface area contributed by atoms with Crippen LogP contribution in [0.1, 0.15) is 139 Å². The fraction of sp³-hybridized carbons (Fsp3) is 0.509. The van der Waals surface area contributed by atoms with E-state index in [0.717, 1.165) is 72.5 Å². The van der Waals surface area contributed by atoms with Crippen LogP contribution in [0.25, 0.3) is 11.6 Å². The first-order chi connectivity index (χ1) is 27.9. The van der Waals surface area contributed by atoms with Gasteiger partial charge >= 0.3 is 5.97 Å². The van der Waals surface area contributed by atoms with E-state index in [9.17, 15) is 4.79 Å². The average molecular weight is 779 g/mol. The molecular weight excluding hydrogens is 709 g/mol. The number of carbonyl (C=O) groups excluding carboxylic acids is 1. The van der Waals surface area contributed by atoms with Crippen LogP contribution in [0.3, 0.4) is 0 Å². The maximum atomic E-state index is 14.3. The molecular formula is C55H70O3. The van der Waals surface area contributed by atoms with Gasteiger partial charge in [0.2, 0.25) is 0 Å². The number of carbonyl (C=O) groups is 1. The van der Waals surface area contributed by atoms with E-state index in [0.29, 0.717) is 47.2 Å². The molecule has 0 N–H and O–H groups in total. The third-order valence-corrected chi connectivity index (χ3v) is 15.4. The first-order valence-corrected chi connectivity index (χ1v) is 22.8. The molecule has 3 fully saturated rings. The van der Waals surface area contributed by atoms with Gasteiger partial charge in [0, 0.05) is 6.42 Å². The molecule has 3 aromatic carbocycles. The minimum Gasteiger partial charge on any atom is -0.494 e. The molecule has 3 heteroatoms. The number of hydrogen-bond donors (Lipinski definition) is 0. The highest BCUT2D eigenvalue weighted by Gasteiger charge is 2.57. The van der Waals surface area contributed by atoms with Crippen molar-refractivity contribution in [1.82, 2.24) is 0 Å². The van der Waals surface area contributed by atoms with Crippen molar-refractivity contribution in [3.8, 4) is 5.75 Å². The van der Waals surface area contributed by atoms with E-state index >= 15 is 0 Å². The maximum absolute atomic E-state index is 14.3. The van der Waals surface area contributed by atoms with Crippen molar-refractivity contribution in [2.75, 3.05) is 6.61 Å². The summed E-state index contributed by atoms with van der Waals surface area (Å²) in [5, 5.41) is 0. The fourth-order valence-corrected chi connectivity index (χ4v) is 11.5. The lowest BCUT2D eigenvalue weighted by Gasteiger charge is -2.55. The Bertz CT molecular complexity index is 2010. The first-order valence-electron chi connectivity index (χ1n) is 22.8. The van der Waals surface area contributed by atoms with Crippen LogP contribution in [0, 0.1) is 53.3 Å². The number of rotatable bonds is 14. The Morgan fingerprint density at radius 1 is 0.845 bits per heavy atom. The summed E-state index contributed by atoms with van der Waals surface area (Å²) in [5.41, 5.74) is 10.0. The van der Waals surface area contributed by atoms with E-state index in [2.05, 4.69) is 140 Å². The minimum atomic E-state index is -0.206. The van der Waals surface area contributed by atoms with Crippen molar-refractivity contribution in [2.45, 2.75) is 126 Å². The molecule has 8 atom stereocenters. The molecule has 0 aliphatic heterocycles. The lowest BCUT2D eigenvalue weighted by Crippen LogP contribution is -2.46. The number of fused-ring (bicyclic) bond motifs is 5. The molecule has 0 bridgehead atoms. The second-order valence-corrected chi connectivity index (χ2v) is 19.3. The molecule has 0 radical (unpaired) electrons. The van der Waals surface area contributed by atoms with E-state index in [1.165, 1.54) is 36.8 Å². The highest BCUT2D eigenvalue weighted by molar-refractivity contribution is 5.99. The Morgan fingerprint density at radius 2 is 1.62 bits per heavy atom. The molecule has 3 saturated carbocycles. The van der Waals surface area contributed by atoms with Crippen LogP contribution in [0.15, 0.2) is 108 Å². The second-order valence-electron chi connectivity index (χ2n) is 19.3. The number of esters is 1. The molecule has 0 saturated heterocycles. The third kappa shape index (κ3) is 8.76. The van der Waals surface area contributed by atoms with Crippen LogP contribution in [0.2, 0.25) is 0 Å². The van der Waals surface area contributed by atoms with Crippen molar-refractivity contribution < 1.29 is 14.3 Å². The van der Waals surface area contributed by atoms with E-state index in [1.807, 2.05) is 18.2 Å². The van der Waals surface area contributed by atoms with E-state index in [-0.39, 0.29) is 17.5 Å². The maximum Gasteiger partial charge on any atom is 0.339 e. The molecule has 3 aromatic rings. The molecule has 308 valence electrons. The number of benzene rings is 3. The number of ether oxygens (including phenoxy) is 2. The van der Waals surface area contributed by atoms with Crippen LogP contribution < -0.4 is 4.74 Å². The molecule has 0 unspecified atom stereocenters. The Balaban J connectivity index is 1.06. The molecule has 4 aliphatic rings. The highest BCUT2D eigenvalue weighted by Crippen LogP contribution is 2.66. The summed E-state index contributed by atoms with van der Waals surface area (Å²) in [4.78, 5) is 14.3. The summed E-state index contributed by atoms with van der Waals surface area (Å²) in [5.74, 6) is 4.64. The zero-order chi connectivity index (χ0) is 41.0. The second kappa shape index (κ2) is 18.0. The Kier molecular flexibility index (Phi) is 13.1. The van der Waals surface area contributed by atoms with E-state index in [4.69, 9.17) is 9.47 Å². The smallest absolute Gasteiger partial charge is 0.339 e. The summed E-state index contributed by atoms with van der Waals surface area (Å²) in [6.45, 7) is 19.5. The zero-order valence-corrected chi connectivity index (χ0v) is 36.9. The highest BCUT2D eigenvalue weighted by atomic mass is 16.5. The van der Waals surface area contributed by atoms with Gasteiger partial charge in [-0.2, -0.15) is 0 Å². The Morgan fingerprint density at radius 3 is 2.36 bits per heavy atom. The van der Waals surface area contributed by atoms with Crippen LogP contribution in [-0.4, -0.2) is 18.7 Å². The molecule has 7 rings (SSSR count). The molecule has 58 heavy (non-hydrogen) atoms. The molecule has 3 nitrogen and oxygen atoms in total. The van der Waals surface area contributed by atoms with Gasteiger partial charge in [0.05, 0.1) is 12.2 Å². The van der Waals surface area contributed by atoms with Crippen molar-refractivity contribution >= 4 is 17.6 Å². The van der Waals surface area contributed by atoms with Gasteiger partial charge in [-0.25, -0.2) is 4.79 Å². The lowest BCUT2D eigenvalue weighted by molar-refractivity contribution is 0.00688. The van der Waals surface area contributed by atoms with Gasteiger partial charge < -0.3 is 9.47 Å². The monoisotopic (exact) mass is 779 g/mol. The van der Waals surface area contributed by atoms with Crippen molar-refractivity contribution in [2.24, 2.45) is 46.3 Å². The normalized spacial score (nSPS) is 27.9. The minimum absolute atomic E-state index is 0.116. The SMILES string of the molecule is CCc1ccc(OCCC/C(=C/c2ccccc2)c2c(C)cccc2C(=O)O[C@H]2CC[C@@]3(C)C(=CC=C4[C@@H]5CC[C@H]([C@H](C)/C=C/[C@H](C)C(C)C)[C@@]5(C)CC[C@@H]43)C2)cc1. The van der Waals surface area contributed by atoms with Gasteiger partial charge in [-0.3, -0.25) is 0 Å². The summed E-state index contributed by atoms with van der Waals surface area (Å²) >= 11 is 0. The molecule has 0 spiro atoms. The number of aryl methyl sites for hydroxylation is 2. The standard InChI is InChI=1S/C55H70O3/c1-9-41-22-25-45(26-23-41)57-34-14-18-43(35-42-16-11-10-12-17-42)52-40(6)15-13-19-48(52)53(56)58-46-30-32-54(7)44(36-46)24-27-47-50-29-28-49(55(50,8)33-31-51(47)54)39(5)21-20-38(4)37(2)3/h10-13,15-17,19-27,35,37-39,46,49-51H,9,14,18,28-34,36H2,1-8H3/b21-20+,43-35-/t38-,39+,46-,49+,50-,51-,54-,55+/m0/s1. The average Bonchev–Trinajstić information content (AvgIpc) is 3.59. The van der Waals surface area contributed by atoms with E-state index < -0.39 is 0 Å². The molecule has 4 aliphatic carbocycles. The van der Waals surface area contributed by atoms with Gasteiger partial charge in [0.15, 0.2) is 0 Å². The van der Waals surface area contributed by atoms with E-state index in [1.54, 1.807) is 5.57 Å². The summed E-state index contributed by atoms with van der Waals surface area (Å²) in [7, 11) is 0. The fourth-order valence-electron chi connectivity index (χ4n) is 11.5. The summed E-state index contributed by atoms with van der Waals surface area (Å²) in [6, 6.07) is 24.9. The first kappa shape index (κ1) is 42.0. The van der Waals surface area contributed by atoms with Crippen LogP contribution in [0.4, 0.5) is 0 Å². The third-order valence-electron chi connectivity index (χ3n) is 15.4. The lowest BCUT2D eigenvalue weighted by atomic mass is 9.50. The summed E-state index contributed by atoms with van der Waals surface area (Å²) in [6.07, 6.45) is 22.8. The topological polar surface area (TPSA) is 35.5 Å². The predicted octanol–water partition coefficient (Wildman–Crippen LogP) is 14.5. The van der Waals surface area contributed by atoms with Crippen LogP contribution in [-0.2, 0) is 11.2 Å². The zero-order valence-electron chi connectivity index (χ0n) is 36.9. The van der Waals surface area contributed by atoms with Gasteiger partial charge in [-0.1, -0.05) is 145 Å². The quantitative estimate of drug-likeness (QED) is 0.0708. The van der Waals surface area contributed by atoms with Crippen molar-refractivity contribution in [3.63, 3.8) is 0 Å².